The summed E-state index contributed by atoms with van der Waals surface area (Å²) in [5.41, 5.74) is 0. The molecule has 1 amide bonds. The minimum absolute atomic E-state index is 0.148. The van der Waals surface area contributed by atoms with Crippen molar-refractivity contribution in [3.63, 3.8) is 0 Å². The van der Waals surface area contributed by atoms with Crippen LogP contribution in [-0.2, 0) is 9.53 Å². The zero-order chi connectivity index (χ0) is 14.8. The van der Waals surface area contributed by atoms with E-state index in [-0.39, 0.29) is 18.1 Å². The second kappa shape index (κ2) is 6.20. The van der Waals surface area contributed by atoms with Crippen molar-refractivity contribution >= 4 is 23.3 Å². The Morgan fingerprint density at radius 3 is 3.14 bits per heavy atom. The zero-order valence-electron chi connectivity index (χ0n) is 12.2. The van der Waals surface area contributed by atoms with Gasteiger partial charge in [0.1, 0.15) is 5.82 Å². The lowest BCUT2D eigenvalue weighted by atomic mass is 10.1. The number of carbonyl (C=O) groups is 1. The van der Waals surface area contributed by atoms with Crippen molar-refractivity contribution in [3.05, 3.63) is 23.4 Å². The van der Waals surface area contributed by atoms with E-state index >= 15 is 0 Å². The van der Waals surface area contributed by atoms with Gasteiger partial charge in [-0.1, -0.05) is 11.6 Å². The molecule has 2 unspecified atom stereocenters. The highest BCUT2D eigenvalue weighted by Crippen LogP contribution is 2.29. The van der Waals surface area contributed by atoms with E-state index in [0.717, 1.165) is 25.1 Å². The number of nitrogens with zero attached hydrogens (tertiary/aromatic N) is 3. The molecule has 114 valence electrons. The second-order valence-corrected chi connectivity index (χ2v) is 6.12. The molecule has 1 aromatic heterocycles. The number of likely N-dealkylation sites (N-methyl/N-ethyl adjacent to an activating group) is 1. The van der Waals surface area contributed by atoms with Gasteiger partial charge in [-0.2, -0.15) is 0 Å². The number of amides is 1. The van der Waals surface area contributed by atoms with Gasteiger partial charge in [0.2, 0.25) is 5.91 Å². The molecule has 2 fully saturated rings. The quantitative estimate of drug-likeness (QED) is 0.856. The number of ether oxygens (including phenoxy) is 1. The molecule has 1 aliphatic carbocycles. The molecule has 5 nitrogen and oxygen atoms in total. The zero-order valence-corrected chi connectivity index (χ0v) is 12.9. The van der Waals surface area contributed by atoms with Crippen molar-refractivity contribution in [2.45, 2.75) is 31.4 Å². The molecule has 1 aromatic rings. The maximum Gasteiger partial charge on any atom is 0.242 e. The van der Waals surface area contributed by atoms with Crippen LogP contribution in [0.2, 0.25) is 5.02 Å². The molecule has 2 atom stereocenters. The van der Waals surface area contributed by atoms with E-state index in [1.165, 1.54) is 0 Å². The van der Waals surface area contributed by atoms with Crippen LogP contribution >= 0.6 is 11.6 Å². The monoisotopic (exact) mass is 309 g/mol. The third kappa shape index (κ3) is 3.14. The average Bonchev–Trinajstić information content (AvgIpc) is 2.96. The molecule has 1 saturated heterocycles. The van der Waals surface area contributed by atoms with Gasteiger partial charge in [0, 0.05) is 19.8 Å². The molecule has 1 saturated carbocycles. The molecule has 2 heterocycles. The van der Waals surface area contributed by atoms with Crippen LogP contribution in [0.4, 0.5) is 5.82 Å². The number of aromatic nitrogens is 1. The Balaban J connectivity index is 1.64. The van der Waals surface area contributed by atoms with Gasteiger partial charge in [0.25, 0.3) is 0 Å². The lowest BCUT2D eigenvalue weighted by Crippen LogP contribution is -2.53. The average molecular weight is 310 g/mol. The number of hydrogen-bond donors (Lipinski definition) is 0. The molecule has 21 heavy (non-hydrogen) atoms. The highest BCUT2D eigenvalue weighted by Gasteiger charge is 2.38. The van der Waals surface area contributed by atoms with Gasteiger partial charge >= 0.3 is 0 Å². The summed E-state index contributed by atoms with van der Waals surface area (Å²) in [7, 11) is 1.88. The predicted octanol–water partition coefficient (Wildman–Crippen LogP) is 1.95. The van der Waals surface area contributed by atoms with E-state index in [2.05, 4.69) is 4.98 Å². The summed E-state index contributed by atoms with van der Waals surface area (Å²) >= 11 is 5.83. The van der Waals surface area contributed by atoms with Crippen molar-refractivity contribution < 1.29 is 9.53 Å². The van der Waals surface area contributed by atoms with Gasteiger partial charge in [-0.25, -0.2) is 4.98 Å². The molecular weight excluding hydrogens is 290 g/mol. The van der Waals surface area contributed by atoms with Crippen LogP contribution in [-0.4, -0.2) is 54.7 Å². The van der Waals surface area contributed by atoms with Gasteiger partial charge < -0.3 is 14.5 Å². The number of halogens is 1. The maximum atomic E-state index is 12.6. The van der Waals surface area contributed by atoms with E-state index in [9.17, 15) is 4.79 Å². The molecule has 6 heteroatoms. The van der Waals surface area contributed by atoms with E-state index in [1.54, 1.807) is 12.3 Å². The fourth-order valence-electron chi connectivity index (χ4n) is 3.20. The standard InChI is InChI=1S/C15H20ClN3O2/c1-18(14-6-5-11(16)9-17-14)10-15(20)19-7-8-21-13-4-2-3-12(13)19/h5-6,9,12-13H,2-4,7-8,10H2,1H3. The lowest BCUT2D eigenvalue weighted by molar-refractivity contribution is -0.142. The molecule has 0 N–H and O–H groups in total. The summed E-state index contributed by atoms with van der Waals surface area (Å²) in [5.74, 6) is 0.901. The van der Waals surface area contributed by atoms with Crippen LogP contribution in [0.5, 0.6) is 0 Å². The Bertz CT molecular complexity index is 508. The molecule has 0 radical (unpaired) electrons. The number of morpholine rings is 1. The first-order valence-corrected chi connectivity index (χ1v) is 7.77. The topological polar surface area (TPSA) is 45.7 Å². The van der Waals surface area contributed by atoms with E-state index in [0.29, 0.717) is 24.7 Å². The first-order valence-electron chi connectivity index (χ1n) is 7.39. The molecular formula is C15H20ClN3O2. The van der Waals surface area contributed by atoms with Crippen LogP contribution in [0.15, 0.2) is 18.3 Å². The number of hydrogen-bond acceptors (Lipinski definition) is 4. The highest BCUT2D eigenvalue weighted by atomic mass is 35.5. The molecule has 3 rings (SSSR count). The van der Waals surface area contributed by atoms with Crippen molar-refractivity contribution in [2.75, 3.05) is 31.6 Å². The first kappa shape index (κ1) is 14.6. The highest BCUT2D eigenvalue weighted by molar-refractivity contribution is 6.30. The summed E-state index contributed by atoms with van der Waals surface area (Å²) < 4.78 is 5.75. The summed E-state index contributed by atoms with van der Waals surface area (Å²) in [6.07, 6.45) is 5.11. The van der Waals surface area contributed by atoms with E-state index in [4.69, 9.17) is 16.3 Å². The molecule has 2 aliphatic rings. The van der Waals surface area contributed by atoms with Crippen molar-refractivity contribution in [2.24, 2.45) is 0 Å². The van der Waals surface area contributed by atoms with Crippen molar-refractivity contribution in [1.29, 1.82) is 0 Å². The van der Waals surface area contributed by atoms with E-state index < -0.39 is 0 Å². The Labute approximate surface area is 129 Å². The number of carbonyl (C=O) groups excluding carboxylic acids is 1. The Morgan fingerprint density at radius 2 is 2.38 bits per heavy atom. The number of anilines is 1. The molecule has 0 spiro atoms. The van der Waals surface area contributed by atoms with Crippen molar-refractivity contribution in [3.8, 4) is 0 Å². The Kier molecular flexibility index (Phi) is 4.31. The first-order chi connectivity index (χ1) is 10.1. The molecule has 0 aromatic carbocycles. The predicted molar refractivity (Wildman–Crippen MR) is 81.6 cm³/mol. The Hall–Kier alpha value is -1.33. The number of rotatable bonds is 3. The summed E-state index contributed by atoms with van der Waals surface area (Å²) in [6, 6.07) is 3.87. The maximum absolute atomic E-state index is 12.6. The van der Waals surface area contributed by atoms with Crippen LogP contribution < -0.4 is 4.90 Å². The number of pyridine rings is 1. The SMILES string of the molecule is CN(CC(=O)N1CCOC2CCCC21)c1ccc(Cl)cn1. The summed E-state index contributed by atoms with van der Waals surface area (Å²) in [4.78, 5) is 20.7. The van der Waals surface area contributed by atoms with Gasteiger partial charge in [-0.3, -0.25) is 4.79 Å². The lowest BCUT2D eigenvalue weighted by Gasteiger charge is -2.38. The third-order valence-corrected chi connectivity index (χ3v) is 4.50. The minimum Gasteiger partial charge on any atom is -0.374 e. The molecule has 0 bridgehead atoms. The summed E-state index contributed by atoms with van der Waals surface area (Å²) in [6.45, 7) is 1.68. The van der Waals surface area contributed by atoms with Gasteiger partial charge in [0.05, 0.1) is 30.3 Å². The van der Waals surface area contributed by atoms with Crippen LogP contribution in [0.3, 0.4) is 0 Å². The van der Waals surface area contributed by atoms with E-state index in [1.807, 2.05) is 22.9 Å². The smallest absolute Gasteiger partial charge is 0.242 e. The van der Waals surface area contributed by atoms with Gasteiger partial charge in [0.15, 0.2) is 0 Å². The van der Waals surface area contributed by atoms with Crippen LogP contribution in [0.1, 0.15) is 19.3 Å². The van der Waals surface area contributed by atoms with Crippen molar-refractivity contribution in [1.82, 2.24) is 9.88 Å². The largest absolute Gasteiger partial charge is 0.374 e. The molecule has 1 aliphatic heterocycles. The number of fused-ring (bicyclic) bond motifs is 1. The fraction of sp³-hybridized carbons (Fsp3) is 0.600. The Morgan fingerprint density at radius 1 is 1.52 bits per heavy atom. The van der Waals surface area contributed by atoms with Gasteiger partial charge in [-0.05, 0) is 31.4 Å². The normalized spacial score (nSPS) is 24.8. The fourth-order valence-corrected chi connectivity index (χ4v) is 3.32. The second-order valence-electron chi connectivity index (χ2n) is 5.69. The van der Waals surface area contributed by atoms with Crippen LogP contribution in [0, 0.1) is 0 Å². The van der Waals surface area contributed by atoms with Gasteiger partial charge in [-0.15, -0.1) is 0 Å². The third-order valence-electron chi connectivity index (χ3n) is 4.28. The summed E-state index contributed by atoms with van der Waals surface area (Å²) in [5, 5.41) is 0.598. The van der Waals surface area contributed by atoms with Crippen LogP contribution in [0.25, 0.3) is 0 Å². The minimum atomic E-state index is 0.148.